The van der Waals surface area contributed by atoms with Crippen molar-refractivity contribution >= 4 is 29.8 Å². The standard InChI is InChI=1S/C10H8ClNO4S2/c11-17(13,14)10-7-4-8-12(10)18(15,16)9-5-2-1-3-6-9/h1-8H. The van der Waals surface area contributed by atoms with E-state index in [1.807, 2.05) is 0 Å². The fraction of sp³-hybridized carbons (Fsp3) is 0. The third-order valence-corrected chi connectivity index (χ3v) is 5.35. The van der Waals surface area contributed by atoms with Crippen molar-refractivity contribution in [2.24, 2.45) is 0 Å². The molecule has 0 aliphatic heterocycles. The number of benzene rings is 1. The first-order valence-electron chi connectivity index (χ1n) is 4.76. The molecule has 1 aromatic heterocycles. The molecule has 0 bridgehead atoms. The molecule has 0 fully saturated rings. The lowest BCUT2D eigenvalue weighted by atomic mass is 10.4. The van der Waals surface area contributed by atoms with Gasteiger partial charge < -0.3 is 0 Å². The molecule has 0 atom stereocenters. The summed E-state index contributed by atoms with van der Waals surface area (Å²) in [6.07, 6.45) is 1.14. The van der Waals surface area contributed by atoms with Crippen molar-refractivity contribution in [1.29, 1.82) is 0 Å². The molecule has 8 heteroatoms. The van der Waals surface area contributed by atoms with Gasteiger partial charge in [-0.15, -0.1) is 0 Å². The van der Waals surface area contributed by atoms with E-state index in [0.717, 1.165) is 12.3 Å². The van der Waals surface area contributed by atoms with E-state index in [0.29, 0.717) is 3.97 Å². The van der Waals surface area contributed by atoms with Crippen LogP contribution in [0.25, 0.3) is 0 Å². The van der Waals surface area contributed by atoms with Crippen LogP contribution in [0.1, 0.15) is 0 Å². The molecule has 0 aliphatic rings. The van der Waals surface area contributed by atoms with Gasteiger partial charge in [0, 0.05) is 16.9 Å². The van der Waals surface area contributed by atoms with Crippen LogP contribution in [0.15, 0.2) is 58.6 Å². The first kappa shape index (κ1) is 13.1. The Bertz CT molecular complexity index is 763. The van der Waals surface area contributed by atoms with E-state index in [-0.39, 0.29) is 4.90 Å². The molecule has 5 nitrogen and oxygen atoms in total. The quantitative estimate of drug-likeness (QED) is 0.808. The van der Waals surface area contributed by atoms with Crippen LogP contribution in [0.3, 0.4) is 0 Å². The SMILES string of the molecule is O=S(=O)(Cl)c1cccn1S(=O)(=O)c1ccccc1. The van der Waals surface area contributed by atoms with Gasteiger partial charge in [0.05, 0.1) is 4.90 Å². The van der Waals surface area contributed by atoms with E-state index in [1.54, 1.807) is 18.2 Å². The normalized spacial score (nSPS) is 12.5. The number of aromatic nitrogens is 1. The van der Waals surface area contributed by atoms with Crippen molar-refractivity contribution in [3.05, 3.63) is 48.7 Å². The van der Waals surface area contributed by atoms with Crippen LogP contribution in [-0.2, 0) is 19.1 Å². The van der Waals surface area contributed by atoms with E-state index >= 15 is 0 Å². The van der Waals surface area contributed by atoms with Crippen LogP contribution in [0.5, 0.6) is 0 Å². The van der Waals surface area contributed by atoms with Crippen LogP contribution in [0, 0.1) is 0 Å². The fourth-order valence-electron chi connectivity index (χ4n) is 1.44. The molecule has 0 aliphatic carbocycles. The van der Waals surface area contributed by atoms with Gasteiger partial charge in [-0.3, -0.25) is 0 Å². The molecule has 0 radical (unpaired) electrons. The second kappa shape index (κ2) is 4.42. The summed E-state index contributed by atoms with van der Waals surface area (Å²) in [6.45, 7) is 0. The maximum atomic E-state index is 12.2. The second-order valence-electron chi connectivity index (χ2n) is 3.40. The third kappa shape index (κ3) is 2.29. The van der Waals surface area contributed by atoms with Crippen LogP contribution >= 0.6 is 10.7 Å². The van der Waals surface area contributed by atoms with Crippen molar-refractivity contribution in [1.82, 2.24) is 3.97 Å². The summed E-state index contributed by atoms with van der Waals surface area (Å²) in [4.78, 5) is -0.0113. The molecule has 1 aromatic carbocycles. The highest BCUT2D eigenvalue weighted by molar-refractivity contribution is 8.14. The highest BCUT2D eigenvalue weighted by Gasteiger charge is 2.24. The summed E-state index contributed by atoms with van der Waals surface area (Å²) in [5.41, 5.74) is 0. The monoisotopic (exact) mass is 305 g/mol. The summed E-state index contributed by atoms with van der Waals surface area (Å²) in [5.74, 6) is 0. The molecule has 2 aromatic rings. The number of nitrogens with zero attached hydrogens (tertiary/aromatic N) is 1. The van der Waals surface area contributed by atoms with Gasteiger partial charge in [-0.1, -0.05) is 18.2 Å². The van der Waals surface area contributed by atoms with Crippen molar-refractivity contribution in [3.63, 3.8) is 0 Å². The van der Waals surface area contributed by atoms with E-state index in [1.165, 1.54) is 18.2 Å². The topological polar surface area (TPSA) is 73.2 Å². The Hall–Kier alpha value is -1.31. The Morgan fingerprint density at radius 1 is 0.889 bits per heavy atom. The van der Waals surface area contributed by atoms with Crippen molar-refractivity contribution in [2.45, 2.75) is 9.92 Å². The molecule has 0 spiro atoms. The van der Waals surface area contributed by atoms with Gasteiger partial charge in [-0.05, 0) is 24.3 Å². The molecule has 96 valence electrons. The summed E-state index contributed by atoms with van der Waals surface area (Å²) in [7, 11) is -2.90. The maximum Gasteiger partial charge on any atom is 0.277 e. The Labute approximate surface area is 109 Å². The molecular weight excluding hydrogens is 298 g/mol. The van der Waals surface area contributed by atoms with Crippen molar-refractivity contribution in [3.8, 4) is 0 Å². The molecule has 1 heterocycles. The zero-order chi connectivity index (χ0) is 13.4. The smallest absolute Gasteiger partial charge is 0.229 e. The fourth-order valence-corrected chi connectivity index (χ4v) is 4.31. The predicted octanol–water partition coefficient (Wildman–Crippen LogP) is 1.65. The Morgan fingerprint density at radius 2 is 1.50 bits per heavy atom. The highest BCUT2D eigenvalue weighted by Crippen LogP contribution is 2.21. The average molecular weight is 306 g/mol. The minimum absolute atomic E-state index is 0.0113. The third-order valence-electron chi connectivity index (χ3n) is 2.23. The predicted molar refractivity (Wildman–Crippen MR) is 66.5 cm³/mol. The van der Waals surface area contributed by atoms with Crippen molar-refractivity contribution < 1.29 is 16.8 Å². The largest absolute Gasteiger partial charge is 0.277 e. The molecule has 2 rings (SSSR count). The summed E-state index contributed by atoms with van der Waals surface area (Å²) >= 11 is 0. The molecule has 18 heavy (non-hydrogen) atoms. The molecular formula is C10H8ClNO4S2. The summed E-state index contributed by atoms with van der Waals surface area (Å²) in [5, 5.41) is -0.479. The van der Waals surface area contributed by atoms with Gasteiger partial charge in [0.1, 0.15) is 0 Å². The van der Waals surface area contributed by atoms with Crippen LogP contribution < -0.4 is 0 Å². The van der Waals surface area contributed by atoms with Gasteiger partial charge in [-0.2, -0.15) is 0 Å². The van der Waals surface area contributed by atoms with Gasteiger partial charge >= 0.3 is 0 Å². The van der Waals surface area contributed by atoms with Crippen molar-refractivity contribution in [2.75, 3.05) is 0 Å². The highest BCUT2D eigenvalue weighted by atomic mass is 35.7. The number of hydrogen-bond donors (Lipinski definition) is 0. The Kier molecular flexibility index (Phi) is 3.22. The summed E-state index contributed by atoms with van der Waals surface area (Å²) < 4.78 is 47.6. The van der Waals surface area contributed by atoms with Gasteiger partial charge in [0.2, 0.25) is 0 Å². The van der Waals surface area contributed by atoms with Crippen LogP contribution in [-0.4, -0.2) is 20.8 Å². The van der Waals surface area contributed by atoms with Crippen LogP contribution in [0.2, 0.25) is 0 Å². The lowest BCUT2D eigenvalue weighted by Gasteiger charge is -2.08. The van der Waals surface area contributed by atoms with Gasteiger partial charge in [0.25, 0.3) is 19.1 Å². The molecule has 0 N–H and O–H groups in total. The number of halogens is 1. The van der Waals surface area contributed by atoms with E-state index in [2.05, 4.69) is 0 Å². The van der Waals surface area contributed by atoms with Gasteiger partial charge in [-0.25, -0.2) is 20.8 Å². The van der Waals surface area contributed by atoms with Crippen LogP contribution in [0.4, 0.5) is 0 Å². The van der Waals surface area contributed by atoms with Gasteiger partial charge in [0.15, 0.2) is 5.03 Å². The minimum atomic E-state index is -4.13. The molecule has 0 saturated carbocycles. The Morgan fingerprint density at radius 3 is 2.06 bits per heavy atom. The first-order chi connectivity index (χ1) is 8.33. The second-order valence-corrected chi connectivity index (χ2v) is 7.73. The molecule has 0 unspecified atom stereocenters. The number of hydrogen-bond acceptors (Lipinski definition) is 4. The van der Waals surface area contributed by atoms with E-state index in [4.69, 9.17) is 10.7 Å². The lowest BCUT2D eigenvalue weighted by molar-refractivity contribution is 0.576. The zero-order valence-corrected chi connectivity index (χ0v) is 11.3. The zero-order valence-electron chi connectivity index (χ0n) is 8.89. The first-order valence-corrected chi connectivity index (χ1v) is 8.51. The minimum Gasteiger partial charge on any atom is -0.229 e. The average Bonchev–Trinajstić information content (AvgIpc) is 2.79. The van der Waals surface area contributed by atoms with E-state index in [9.17, 15) is 16.8 Å². The molecule has 0 saturated heterocycles. The molecule has 0 amide bonds. The number of rotatable bonds is 3. The van der Waals surface area contributed by atoms with E-state index < -0.39 is 24.1 Å². The summed E-state index contributed by atoms with van der Waals surface area (Å²) in [6, 6.07) is 9.93. The maximum absolute atomic E-state index is 12.2. The Balaban J connectivity index is 2.68. The lowest BCUT2D eigenvalue weighted by Crippen LogP contribution is -2.15.